The molecule has 2 aliphatic heterocycles. The minimum atomic E-state index is -0.0946. The molecule has 2 saturated heterocycles. The van der Waals surface area contributed by atoms with Gasteiger partial charge in [0.15, 0.2) is 0 Å². The topological polar surface area (TPSA) is 54.5 Å². The van der Waals surface area contributed by atoms with Crippen molar-refractivity contribution in [2.24, 2.45) is 0 Å². The predicted octanol–water partition coefficient (Wildman–Crippen LogP) is 3.36. The smallest absolute Gasteiger partial charge is 0.251 e. The third-order valence-corrected chi connectivity index (χ3v) is 6.62. The Kier molecular flexibility index (Phi) is 6.49. The molecule has 1 atom stereocenters. The summed E-state index contributed by atoms with van der Waals surface area (Å²) in [5, 5.41) is 2.94. The van der Waals surface area contributed by atoms with Gasteiger partial charge in [-0.05, 0) is 54.8 Å². The van der Waals surface area contributed by atoms with E-state index in [9.17, 15) is 4.79 Å². The second-order valence-corrected chi connectivity index (χ2v) is 8.59. The van der Waals surface area contributed by atoms with E-state index in [2.05, 4.69) is 27.0 Å². The average Bonchev–Trinajstić information content (AvgIpc) is 3.28. The van der Waals surface area contributed by atoms with Crippen LogP contribution in [0.2, 0.25) is 0 Å². The number of aromatic nitrogens is 1. The van der Waals surface area contributed by atoms with E-state index in [-0.39, 0.29) is 12.0 Å². The second-order valence-electron chi connectivity index (χ2n) is 7.44. The van der Waals surface area contributed by atoms with Gasteiger partial charge in [0.2, 0.25) is 0 Å². The molecular formula is C22H27N3O2S. The summed E-state index contributed by atoms with van der Waals surface area (Å²) in [6, 6.07) is 12.1. The molecule has 2 aliphatic rings. The van der Waals surface area contributed by atoms with Crippen LogP contribution in [0.5, 0.6) is 5.75 Å². The van der Waals surface area contributed by atoms with Crippen LogP contribution in [0.3, 0.4) is 0 Å². The van der Waals surface area contributed by atoms with Gasteiger partial charge in [0.25, 0.3) is 5.91 Å². The van der Waals surface area contributed by atoms with Gasteiger partial charge in [-0.3, -0.25) is 14.7 Å². The molecule has 2 fully saturated rings. The van der Waals surface area contributed by atoms with Crippen LogP contribution in [0.1, 0.15) is 35.2 Å². The van der Waals surface area contributed by atoms with Gasteiger partial charge in [-0.1, -0.05) is 12.1 Å². The number of thioether (sulfide) groups is 1. The van der Waals surface area contributed by atoms with Crippen molar-refractivity contribution in [1.82, 2.24) is 15.2 Å². The average molecular weight is 398 g/mol. The Bertz CT molecular complexity index is 772. The number of rotatable bonds is 6. The largest absolute Gasteiger partial charge is 0.490 e. The van der Waals surface area contributed by atoms with Crippen molar-refractivity contribution in [3.05, 3.63) is 59.9 Å². The number of nitrogens with one attached hydrogen (secondary N) is 1. The van der Waals surface area contributed by atoms with E-state index in [0.29, 0.717) is 12.1 Å². The molecule has 1 N–H and O–H groups in total. The standard InChI is InChI=1S/C22H27N3O2S/c26-22(24-15-17-3-2-9-23-14-17)18-4-1-5-21(13-18)27-20-6-10-25(11-7-20)19-8-12-28-16-19/h1-5,9,13-14,19-20H,6-8,10-12,15-16H2,(H,24,26)/t19-/m1/s1. The second kappa shape index (κ2) is 9.43. The van der Waals surface area contributed by atoms with Gasteiger partial charge in [-0.15, -0.1) is 0 Å². The fourth-order valence-corrected chi connectivity index (χ4v) is 5.11. The van der Waals surface area contributed by atoms with Gasteiger partial charge in [0.05, 0.1) is 0 Å². The highest BCUT2D eigenvalue weighted by atomic mass is 32.2. The quantitative estimate of drug-likeness (QED) is 0.810. The van der Waals surface area contributed by atoms with Crippen molar-refractivity contribution in [1.29, 1.82) is 0 Å². The van der Waals surface area contributed by atoms with Crippen molar-refractivity contribution in [3.8, 4) is 5.75 Å². The maximum Gasteiger partial charge on any atom is 0.251 e. The molecule has 0 unspecified atom stereocenters. The number of carbonyl (C=O) groups excluding carboxylic acids is 1. The van der Waals surface area contributed by atoms with Crippen LogP contribution in [-0.2, 0) is 6.54 Å². The molecule has 1 amide bonds. The van der Waals surface area contributed by atoms with E-state index in [4.69, 9.17) is 4.74 Å². The Labute approximate surface area is 170 Å². The molecule has 148 valence electrons. The summed E-state index contributed by atoms with van der Waals surface area (Å²) in [7, 11) is 0. The molecule has 28 heavy (non-hydrogen) atoms. The molecule has 4 rings (SSSR count). The number of nitrogens with zero attached hydrogens (tertiary/aromatic N) is 2. The summed E-state index contributed by atoms with van der Waals surface area (Å²) >= 11 is 2.07. The number of carbonyl (C=O) groups is 1. The normalized spacial score (nSPS) is 20.8. The van der Waals surface area contributed by atoms with Crippen molar-refractivity contribution in [2.45, 2.75) is 38.0 Å². The Morgan fingerprint density at radius 3 is 2.86 bits per heavy atom. The van der Waals surface area contributed by atoms with E-state index in [1.54, 1.807) is 12.4 Å². The molecule has 2 aromatic rings. The number of benzene rings is 1. The Balaban J connectivity index is 1.28. The summed E-state index contributed by atoms with van der Waals surface area (Å²) in [6.07, 6.45) is 7.16. The predicted molar refractivity (Wildman–Crippen MR) is 113 cm³/mol. The molecule has 5 nitrogen and oxygen atoms in total. The van der Waals surface area contributed by atoms with E-state index < -0.39 is 0 Å². The van der Waals surface area contributed by atoms with Gasteiger partial charge in [-0.2, -0.15) is 11.8 Å². The summed E-state index contributed by atoms with van der Waals surface area (Å²) in [5.74, 6) is 3.27. The number of hydrogen-bond acceptors (Lipinski definition) is 5. The Hall–Kier alpha value is -2.05. The van der Waals surface area contributed by atoms with Crippen molar-refractivity contribution < 1.29 is 9.53 Å². The van der Waals surface area contributed by atoms with E-state index in [1.807, 2.05) is 36.4 Å². The zero-order chi connectivity index (χ0) is 19.2. The lowest BCUT2D eigenvalue weighted by Crippen LogP contribution is -2.44. The van der Waals surface area contributed by atoms with E-state index in [1.165, 1.54) is 17.9 Å². The third-order valence-electron chi connectivity index (χ3n) is 5.47. The molecule has 1 aromatic carbocycles. The number of ether oxygens (including phenoxy) is 1. The van der Waals surface area contributed by atoms with Crippen LogP contribution in [0.15, 0.2) is 48.8 Å². The number of likely N-dealkylation sites (tertiary alicyclic amines) is 1. The fraction of sp³-hybridized carbons (Fsp3) is 0.455. The van der Waals surface area contributed by atoms with Crippen LogP contribution in [0.4, 0.5) is 0 Å². The molecule has 3 heterocycles. The zero-order valence-corrected chi connectivity index (χ0v) is 16.9. The van der Waals surface area contributed by atoms with E-state index >= 15 is 0 Å². The Morgan fingerprint density at radius 1 is 1.21 bits per heavy atom. The summed E-state index contributed by atoms with van der Waals surface area (Å²) in [6.45, 7) is 2.69. The van der Waals surface area contributed by atoms with Gasteiger partial charge in [-0.25, -0.2) is 0 Å². The number of piperidine rings is 1. The molecule has 0 spiro atoms. The van der Waals surface area contributed by atoms with Crippen LogP contribution >= 0.6 is 11.8 Å². The first-order chi connectivity index (χ1) is 13.8. The highest BCUT2D eigenvalue weighted by Gasteiger charge is 2.28. The van der Waals surface area contributed by atoms with Crippen LogP contribution in [0, 0.1) is 0 Å². The number of hydrogen-bond donors (Lipinski definition) is 1. The lowest BCUT2D eigenvalue weighted by Gasteiger charge is -2.35. The van der Waals surface area contributed by atoms with Crippen LogP contribution < -0.4 is 10.1 Å². The number of amides is 1. The fourth-order valence-electron chi connectivity index (χ4n) is 3.86. The van der Waals surface area contributed by atoms with Gasteiger partial charge >= 0.3 is 0 Å². The molecule has 6 heteroatoms. The van der Waals surface area contributed by atoms with Crippen LogP contribution in [-0.4, -0.2) is 52.5 Å². The molecule has 1 aromatic heterocycles. The number of pyridine rings is 1. The van der Waals surface area contributed by atoms with Gasteiger partial charge in [0.1, 0.15) is 11.9 Å². The van der Waals surface area contributed by atoms with Gasteiger partial charge in [0, 0.05) is 49.4 Å². The van der Waals surface area contributed by atoms with Crippen molar-refractivity contribution >= 4 is 17.7 Å². The summed E-state index contributed by atoms with van der Waals surface area (Å²) in [5.41, 5.74) is 1.61. The molecule has 0 aliphatic carbocycles. The summed E-state index contributed by atoms with van der Waals surface area (Å²) < 4.78 is 6.20. The van der Waals surface area contributed by atoms with Gasteiger partial charge < -0.3 is 10.1 Å². The van der Waals surface area contributed by atoms with Crippen molar-refractivity contribution in [2.75, 3.05) is 24.6 Å². The molecular weight excluding hydrogens is 370 g/mol. The lowest BCUT2D eigenvalue weighted by molar-refractivity contribution is 0.0813. The molecule has 0 saturated carbocycles. The maximum atomic E-state index is 12.5. The highest BCUT2D eigenvalue weighted by molar-refractivity contribution is 7.99. The minimum Gasteiger partial charge on any atom is -0.490 e. The molecule has 0 bridgehead atoms. The first-order valence-corrected chi connectivity index (χ1v) is 11.2. The zero-order valence-electron chi connectivity index (χ0n) is 16.0. The first kappa shape index (κ1) is 19.3. The van der Waals surface area contributed by atoms with Crippen LogP contribution in [0.25, 0.3) is 0 Å². The SMILES string of the molecule is O=C(NCc1cccnc1)c1cccc(OC2CCN([C@@H]3CCSC3)CC2)c1. The lowest BCUT2D eigenvalue weighted by atomic mass is 10.0. The highest BCUT2D eigenvalue weighted by Crippen LogP contribution is 2.26. The van der Waals surface area contributed by atoms with E-state index in [0.717, 1.165) is 43.3 Å². The monoisotopic (exact) mass is 397 g/mol. The third kappa shape index (κ3) is 5.06. The Morgan fingerprint density at radius 2 is 2.11 bits per heavy atom. The summed E-state index contributed by atoms with van der Waals surface area (Å²) in [4.78, 5) is 19.2. The maximum absolute atomic E-state index is 12.5. The first-order valence-electron chi connectivity index (χ1n) is 10.0. The van der Waals surface area contributed by atoms with Crippen molar-refractivity contribution in [3.63, 3.8) is 0 Å². The minimum absolute atomic E-state index is 0.0946. The molecule has 0 radical (unpaired) electrons.